The number of nitrogens with zero attached hydrogens (tertiary/aromatic N) is 2. The Morgan fingerprint density at radius 3 is 2.43 bits per heavy atom. The number of carboxylic acids is 1. The van der Waals surface area contributed by atoms with Crippen molar-refractivity contribution in [2.75, 3.05) is 5.75 Å². The quantitative estimate of drug-likeness (QED) is 0.106. The summed E-state index contributed by atoms with van der Waals surface area (Å²) in [7, 11) is 0. The number of H-pyrrole nitrogens is 1. The minimum atomic E-state index is -0.842. The molecule has 0 bridgehead atoms. The highest BCUT2D eigenvalue weighted by atomic mass is 32.2. The molecule has 4 aromatic rings. The predicted molar refractivity (Wildman–Crippen MR) is 165 cm³/mol. The molecule has 2 heterocycles. The van der Waals surface area contributed by atoms with Gasteiger partial charge in [-0.1, -0.05) is 78.5 Å². The highest BCUT2D eigenvalue weighted by molar-refractivity contribution is 7.99. The van der Waals surface area contributed by atoms with E-state index in [2.05, 4.69) is 26.6 Å². The fourth-order valence-corrected chi connectivity index (χ4v) is 5.80. The number of hydrogen-bond donors (Lipinski definition) is 4. The van der Waals surface area contributed by atoms with Gasteiger partial charge >= 0.3 is 5.97 Å². The van der Waals surface area contributed by atoms with Gasteiger partial charge in [0.2, 0.25) is 5.91 Å². The zero-order valence-corrected chi connectivity index (χ0v) is 25.0. The molecule has 1 saturated heterocycles. The average Bonchev–Trinajstić information content (AvgIpc) is 3.59. The summed E-state index contributed by atoms with van der Waals surface area (Å²) < 4.78 is 12.9. The number of aliphatic carboxylic acids is 1. The molecule has 1 aliphatic rings. The number of aliphatic hydroxyl groups is 1. The summed E-state index contributed by atoms with van der Waals surface area (Å²) >= 11 is 1.56. The lowest BCUT2D eigenvalue weighted by atomic mass is 9.99. The third kappa shape index (κ3) is 8.99. The number of thioether (sulfide) groups is 1. The normalized spacial score (nSPS) is 18.2. The largest absolute Gasteiger partial charge is 0.481 e. The van der Waals surface area contributed by atoms with E-state index in [0.29, 0.717) is 38.0 Å². The minimum Gasteiger partial charge on any atom is -0.481 e. The highest BCUT2D eigenvalue weighted by Crippen LogP contribution is 2.39. The molecule has 230 valence electrons. The van der Waals surface area contributed by atoms with Crippen LogP contribution in [-0.4, -0.2) is 49.1 Å². The lowest BCUT2D eigenvalue weighted by Gasteiger charge is -2.36. The molecule has 5 rings (SSSR count). The first kappa shape index (κ1) is 31.4. The number of unbranched alkanes of at least 4 members (excludes halogenated alkanes) is 1. The van der Waals surface area contributed by atoms with E-state index in [4.69, 9.17) is 14.6 Å². The third-order valence-corrected chi connectivity index (χ3v) is 8.40. The van der Waals surface area contributed by atoms with Gasteiger partial charge in [-0.3, -0.25) is 14.7 Å². The van der Waals surface area contributed by atoms with Gasteiger partial charge in [0, 0.05) is 37.1 Å². The zero-order valence-electron chi connectivity index (χ0n) is 24.2. The van der Waals surface area contributed by atoms with Gasteiger partial charge in [-0.05, 0) is 46.7 Å². The lowest BCUT2D eigenvalue weighted by Crippen LogP contribution is -2.31. The molecule has 0 saturated carbocycles. The van der Waals surface area contributed by atoms with Crippen molar-refractivity contribution in [3.63, 3.8) is 0 Å². The number of carbonyl (C=O) groups excluding carboxylic acids is 1. The first-order valence-electron chi connectivity index (χ1n) is 14.6. The van der Waals surface area contributed by atoms with Crippen LogP contribution in [0.2, 0.25) is 0 Å². The number of benzene rings is 3. The third-order valence-electron chi connectivity index (χ3n) is 7.39. The number of aromatic amines is 1. The van der Waals surface area contributed by atoms with E-state index in [1.807, 2.05) is 66.7 Å². The Morgan fingerprint density at radius 2 is 1.70 bits per heavy atom. The Hall–Kier alpha value is -4.03. The van der Waals surface area contributed by atoms with Crippen LogP contribution in [0.1, 0.15) is 66.8 Å². The van der Waals surface area contributed by atoms with Gasteiger partial charge in [-0.2, -0.15) is 5.10 Å². The van der Waals surface area contributed by atoms with Crippen molar-refractivity contribution in [1.29, 1.82) is 0 Å². The van der Waals surface area contributed by atoms with E-state index < -0.39 is 12.3 Å². The monoisotopic (exact) mass is 616 g/mol. The molecule has 11 heteroatoms. The molecule has 0 aliphatic carbocycles. The Bertz CT molecular complexity index is 1500. The number of carbonyl (C=O) groups is 2. The number of hydrogen-bond acceptors (Lipinski definition) is 8. The second-order valence-corrected chi connectivity index (χ2v) is 11.7. The van der Waals surface area contributed by atoms with E-state index in [1.165, 1.54) is 6.33 Å². The molecule has 3 unspecified atom stereocenters. The van der Waals surface area contributed by atoms with Gasteiger partial charge in [0.1, 0.15) is 6.33 Å². The topological polar surface area (TPSA) is 147 Å². The second-order valence-electron chi connectivity index (χ2n) is 10.7. The number of carboxylic acid groups (broad SMARTS) is 1. The number of aromatic nitrogens is 3. The predicted octanol–water partition coefficient (Wildman–Crippen LogP) is 5.56. The molecule has 10 nitrogen and oxygen atoms in total. The van der Waals surface area contributed by atoms with Crippen LogP contribution in [0, 0.1) is 0 Å². The first-order chi connectivity index (χ1) is 21.5. The van der Waals surface area contributed by atoms with Crippen molar-refractivity contribution < 1.29 is 29.3 Å². The van der Waals surface area contributed by atoms with E-state index >= 15 is 0 Å². The van der Waals surface area contributed by atoms with Crippen molar-refractivity contribution in [1.82, 2.24) is 20.5 Å². The number of amides is 1. The fourth-order valence-electron chi connectivity index (χ4n) is 5.00. The van der Waals surface area contributed by atoms with Gasteiger partial charge in [-0.25, -0.2) is 4.98 Å². The van der Waals surface area contributed by atoms with Crippen molar-refractivity contribution >= 4 is 23.6 Å². The number of aliphatic hydroxyl groups excluding tert-OH is 1. The van der Waals surface area contributed by atoms with Gasteiger partial charge < -0.3 is 25.0 Å². The maximum atomic E-state index is 12.2. The van der Waals surface area contributed by atoms with Crippen LogP contribution in [-0.2, 0) is 32.2 Å². The summed E-state index contributed by atoms with van der Waals surface area (Å²) in [5.74, 6) is -0.243. The molecule has 0 spiro atoms. The maximum absolute atomic E-state index is 12.2. The van der Waals surface area contributed by atoms with Gasteiger partial charge in [0.05, 0.1) is 18.8 Å². The summed E-state index contributed by atoms with van der Waals surface area (Å²) in [4.78, 5) is 27.0. The van der Waals surface area contributed by atoms with Gasteiger partial charge in [0.25, 0.3) is 0 Å². The molecule has 1 amide bonds. The molecule has 1 aromatic heterocycles. The van der Waals surface area contributed by atoms with Crippen molar-refractivity contribution in [2.24, 2.45) is 0 Å². The highest BCUT2D eigenvalue weighted by Gasteiger charge is 2.32. The van der Waals surface area contributed by atoms with Crippen LogP contribution < -0.4 is 5.32 Å². The SMILES string of the molecule is O=C(O)CCCCC(=O)NCc1cccc(-c2ccc(C3OC(CSc4ncn[nH]4)CC(c4ccc(CO)cc4)O3)cc2)c1. The molecule has 1 fully saturated rings. The molecule has 3 aromatic carbocycles. The first-order valence-corrected chi connectivity index (χ1v) is 15.6. The zero-order chi connectivity index (χ0) is 30.7. The summed E-state index contributed by atoms with van der Waals surface area (Å²) in [5, 5.41) is 28.7. The summed E-state index contributed by atoms with van der Waals surface area (Å²) in [5.41, 5.74) is 5.83. The summed E-state index contributed by atoms with van der Waals surface area (Å²) in [6.45, 7) is 0.398. The lowest BCUT2D eigenvalue weighted by molar-refractivity contribution is -0.245. The smallest absolute Gasteiger partial charge is 0.303 e. The van der Waals surface area contributed by atoms with Crippen LogP contribution in [0.5, 0.6) is 0 Å². The van der Waals surface area contributed by atoms with Crippen molar-refractivity contribution in [2.45, 2.75) is 68.9 Å². The van der Waals surface area contributed by atoms with Crippen LogP contribution in [0.3, 0.4) is 0 Å². The standard InChI is InChI=1S/C33H36N4O6S/c38-19-22-8-10-25(11-9-22)29-17-28(20-44-33-35-21-36-37-33)42-32(43-29)26-14-12-24(13-15-26)27-5-3-4-23(16-27)18-34-30(39)6-1-2-7-31(40)41/h3-5,8-16,21,28-29,32,38H,1-2,6-7,17-20H2,(H,34,39)(H,40,41)(H,35,36,37). The Balaban J connectivity index is 1.23. The van der Waals surface area contributed by atoms with E-state index in [0.717, 1.165) is 38.5 Å². The van der Waals surface area contributed by atoms with Crippen molar-refractivity contribution in [3.8, 4) is 11.1 Å². The van der Waals surface area contributed by atoms with Gasteiger partial charge in [0.15, 0.2) is 11.4 Å². The second kappa shape index (κ2) is 15.6. The van der Waals surface area contributed by atoms with Crippen molar-refractivity contribution in [3.05, 3.63) is 101 Å². The summed E-state index contributed by atoms with van der Waals surface area (Å²) in [6, 6.07) is 24.0. The molecule has 4 N–H and O–H groups in total. The molecule has 0 radical (unpaired) electrons. The molecular formula is C33H36N4O6S. The minimum absolute atomic E-state index is 0.00589. The van der Waals surface area contributed by atoms with Crippen LogP contribution in [0.25, 0.3) is 11.1 Å². The Kier molecular flexibility index (Phi) is 11.1. The maximum Gasteiger partial charge on any atom is 0.303 e. The average molecular weight is 617 g/mol. The fraction of sp³-hybridized carbons (Fsp3) is 0.333. The molecule has 1 aliphatic heterocycles. The van der Waals surface area contributed by atoms with E-state index in [9.17, 15) is 14.7 Å². The Morgan fingerprint density at radius 1 is 0.932 bits per heavy atom. The summed E-state index contributed by atoms with van der Waals surface area (Å²) in [6.07, 6.45) is 2.79. The van der Waals surface area contributed by atoms with E-state index in [-0.39, 0.29) is 31.1 Å². The molecular weight excluding hydrogens is 580 g/mol. The van der Waals surface area contributed by atoms with Crippen LogP contribution in [0.4, 0.5) is 0 Å². The number of nitrogens with one attached hydrogen (secondary N) is 2. The number of ether oxygens (including phenoxy) is 2. The molecule has 3 atom stereocenters. The van der Waals surface area contributed by atoms with Crippen LogP contribution in [0.15, 0.2) is 84.3 Å². The molecule has 44 heavy (non-hydrogen) atoms. The van der Waals surface area contributed by atoms with Gasteiger partial charge in [-0.15, -0.1) is 0 Å². The number of rotatable bonds is 14. The van der Waals surface area contributed by atoms with Crippen LogP contribution >= 0.6 is 11.8 Å². The van der Waals surface area contributed by atoms with E-state index in [1.54, 1.807) is 11.8 Å². The Labute approximate surface area is 260 Å².